The number of ether oxygens (including phenoxy) is 1. The molecule has 2 N–H and O–H groups in total. The number of carboxylic acid groups (broad SMARTS) is 1. The van der Waals surface area contributed by atoms with E-state index in [1.807, 2.05) is 24.3 Å². The van der Waals surface area contributed by atoms with Gasteiger partial charge in [0.2, 0.25) is 0 Å². The van der Waals surface area contributed by atoms with Crippen LogP contribution in [0.4, 0.5) is 4.79 Å². The van der Waals surface area contributed by atoms with Crippen LogP contribution >= 0.6 is 0 Å². The van der Waals surface area contributed by atoms with Crippen LogP contribution in [-0.2, 0) is 9.53 Å². The van der Waals surface area contributed by atoms with Crippen LogP contribution in [0.15, 0.2) is 48.5 Å². The van der Waals surface area contributed by atoms with E-state index in [-0.39, 0.29) is 24.4 Å². The third kappa shape index (κ3) is 3.68. The molecule has 1 amide bonds. The number of hydrogen-bond donors (Lipinski definition) is 2. The van der Waals surface area contributed by atoms with Gasteiger partial charge in [0.05, 0.1) is 5.92 Å². The molecule has 2 aromatic carbocycles. The highest BCUT2D eigenvalue weighted by Gasteiger charge is 2.35. The molecule has 1 unspecified atom stereocenters. The molecule has 0 aromatic heterocycles. The van der Waals surface area contributed by atoms with Gasteiger partial charge < -0.3 is 15.2 Å². The third-order valence-corrected chi connectivity index (χ3v) is 5.58. The summed E-state index contributed by atoms with van der Waals surface area (Å²) in [5.74, 6) is -0.834. The quantitative estimate of drug-likeness (QED) is 0.777. The molecule has 0 saturated heterocycles. The summed E-state index contributed by atoms with van der Waals surface area (Å²) < 4.78 is 5.46. The summed E-state index contributed by atoms with van der Waals surface area (Å²) in [4.78, 5) is 23.3. The van der Waals surface area contributed by atoms with Crippen LogP contribution < -0.4 is 5.32 Å². The Balaban J connectivity index is 1.33. The van der Waals surface area contributed by atoms with E-state index in [1.165, 1.54) is 22.3 Å². The van der Waals surface area contributed by atoms with Gasteiger partial charge in [0.15, 0.2) is 0 Å². The number of carboxylic acids is 1. The smallest absolute Gasteiger partial charge is 0.407 e. The van der Waals surface area contributed by atoms with E-state index in [9.17, 15) is 14.7 Å². The van der Waals surface area contributed by atoms with Gasteiger partial charge in [-0.05, 0) is 47.4 Å². The van der Waals surface area contributed by atoms with Gasteiger partial charge in [-0.15, -0.1) is 0 Å². The first-order valence-corrected chi connectivity index (χ1v) is 9.47. The number of hydrogen-bond acceptors (Lipinski definition) is 3. The lowest BCUT2D eigenvalue weighted by atomic mass is 9.98. The van der Waals surface area contributed by atoms with Crippen molar-refractivity contribution >= 4 is 12.1 Å². The van der Waals surface area contributed by atoms with E-state index in [0.29, 0.717) is 13.0 Å². The van der Waals surface area contributed by atoms with Gasteiger partial charge in [-0.3, -0.25) is 4.79 Å². The molecule has 2 aliphatic rings. The Hall–Kier alpha value is -2.82. The molecule has 4 rings (SSSR count). The van der Waals surface area contributed by atoms with Crippen molar-refractivity contribution in [3.05, 3.63) is 59.7 Å². The van der Waals surface area contributed by atoms with Gasteiger partial charge in [-0.25, -0.2) is 4.79 Å². The van der Waals surface area contributed by atoms with Gasteiger partial charge in [-0.2, -0.15) is 0 Å². The van der Waals surface area contributed by atoms with Crippen molar-refractivity contribution in [1.29, 1.82) is 0 Å². The van der Waals surface area contributed by atoms with Crippen LogP contribution in [0.5, 0.6) is 0 Å². The zero-order chi connectivity index (χ0) is 18.8. The molecular weight excluding hydrogens is 342 g/mol. The van der Waals surface area contributed by atoms with Crippen molar-refractivity contribution < 1.29 is 19.4 Å². The zero-order valence-corrected chi connectivity index (χ0v) is 15.1. The molecule has 27 heavy (non-hydrogen) atoms. The Kier molecular flexibility index (Phi) is 4.84. The van der Waals surface area contributed by atoms with Crippen LogP contribution in [0.25, 0.3) is 11.1 Å². The highest BCUT2D eigenvalue weighted by Crippen LogP contribution is 2.44. The molecule has 2 aromatic rings. The SMILES string of the molecule is O=C(NCCC(C(=O)O)C1CC1)OCC1c2ccccc2-c2ccccc21. The van der Waals surface area contributed by atoms with Crippen LogP contribution in [0.2, 0.25) is 0 Å². The van der Waals surface area contributed by atoms with Gasteiger partial charge >= 0.3 is 12.1 Å². The van der Waals surface area contributed by atoms with E-state index in [2.05, 4.69) is 29.6 Å². The second kappa shape index (κ2) is 7.43. The molecule has 0 radical (unpaired) electrons. The van der Waals surface area contributed by atoms with Crippen LogP contribution in [-0.4, -0.2) is 30.3 Å². The first-order valence-electron chi connectivity index (χ1n) is 9.47. The molecule has 5 heteroatoms. The Morgan fingerprint density at radius 3 is 2.19 bits per heavy atom. The fraction of sp³-hybridized carbons (Fsp3) is 0.364. The maximum atomic E-state index is 12.1. The molecule has 0 aliphatic heterocycles. The van der Waals surface area contributed by atoms with Crippen LogP contribution in [0, 0.1) is 11.8 Å². The second-order valence-corrected chi connectivity index (χ2v) is 7.32. The predicted molar refractivity (Wildman–Crippen MR) is 102 cm³/mol. The maximum Gasteiger partial charge on any atom is 0.407 e. The highest BCUT2D eigenvalue weighted by molar-refractivity contribution is 5.79. The lowest BCUT2D eigenvalue weighted by Crippen LogP contribution is -2.30. The Bertz CT molecular complexity index is 813. The minimum absolute atomic E-state index is 0.0291. The molecule has 0 spiro atoms. The van der Waals surface area contributed by atoms with Gasteiger partial charge in [0.1, 0.15) is 6.61 Å². The Morgan fingerprint density at radius 2 is 1.63 bits per heavy atom. The monoisotopic (exact) mass is 365 g/mol. The number of carbonyl (C=O) groups is 2. The molecule has 5 nitrogen and oxygen atoms in total. The zero-order valence-electron chi connectivity index (χ0n) is 15.1. The second-order valence-electron chi connectivity index (χ2n) is 7.32. The fourth-order valence-electron chi connectivity index (χ4n) is 4.04. The van der Waals surface area contributed by atoms with E-state index < -0.39 is 12.1 Å². The summed E-state index contributed by atoms with van der Waals surface area (Å²) in [6.07, 6.45) is 1.91. The molecule has 2 aliphatic carbocycles. The highest BCUT2D eigenvalue weighted by atomic mass is 16.5. The summed E-state index contributed by atoms with van der Waals surface area (Å²) >= 11 is 0. The van der Waals surface area contributed by atoms with E-state index in [4.69, 9.17) is 4.74 Å². The van der Waals surface area contributed by atoms with Crippen molar-refractivity contribution in [2.24, 2.45) is 11.8 Å². The summed E-state index contributed by atoms with van der Waals surface area (Å²) in [5.41, 5.74) is 4.73. The van der Waals surface area contributed by atoms with Crippen molar-refractivity contribution in [3.8, 4) is 11.1 Å². The number of amides is 1. The average Bonchev–Trinajstić information content (AvgIpc) is 3.46. The number of aliphatic carboxylic acids is 1. The first kappa shape index (κ1) is 17.6. The molecule has 1 atom stereocenters. The normalized spacial score (nSPS) is 16.3. The average molecular weight is 365 g/mol. The van der Waals surface area contributed by atoms with Crippen molar-refractivity contribution in [1.82, 2.24) is 5.32 Å². The fourth-order valence-corrected chi connectivity index (χ4v) is 4.04. The molecule has 1 saturated carbocycles. The van der Waals surface area contributed by atoms with Gasteiger partial charge in [-0.1, -0.05) is 48.5 Å². The molecule has 140 valence electrons. The predicted octanol–water partition coefficient (Wildman–Crippen LogP) is 4.03. The van der Waals surface area contributed by atoms with E-state index in [0.717, 1.165) is 12.8 Å². The van der Waals surface area contributed by atoms with Crippen molar-refractivity contribution in [2.75, 3.05) is 13.2 Å². The summed E-state index contributed by atoms with van der Waals surface area (Å²) in [7, 11) is 0. The van der Waals surface area contributed by atoms with E-state index >= 15 is 0 Å². The summed E-state index contributed by atoms with van der Waals surface area (Å²) in [6, 6.07) is 16.4. The minimum Gasteiger partial charge on any atom is -0.481 e. The number of rotatable bonds is 7. The van der Waals surface area contributed by atoms with Crippen molar-refractivity contribution in [2.45, 2.75) is 25.2 Å². The number of benzene rings is 2. The lowest BCUT2D eigenvalue weighted by molar-refractivity contribution is -0.142. The number of alkyl carbamates (subject to hydrolysis) is 1. The number of carbonyl (C=O) groups excluding carboxylic acids is 1. The topological polar surface area (TPSA) is 75.6 Å². The lowest BCUT2D eigenvalue weighted by Gasteiger charge is -2.15. The van der Waals surface area contributed by atoms with Gasteiger partial charge in [0, 0.05) is 12.5 Å². The molecule has 0 bridgehead atoms. The summed E-state index contributed by atoms with van der Waals surface area (Å²) in [6.45, 7) is 0.592. The van der Waals surface area contributed by atoms with Crippen LogP contribution in [0.3, 0.4) is 0 Å². The van der Waals surface area contributed by atoms with Crippen LogP contribution in [0.1, 0.15) is 36.3 Å². The Labute approximate surface area is 158 Å². The molecular formula is C22H23NO4. The minimum atomic E-state index is -0.771. The number of nitrogens with one attached hydrogen (secondary N) is 1. The Morgan fingerprint density at radius 1 is 1.04 bits per heavy atom. The van der Waals surface area contributed by atoms with Crippen molar-refractivity contribution in [3.63, 3.8) is 0 Å². The van der Waals surface area contributed by atoms with Gasteiger partial charge in [0.25, 0.3) is 0 Å². The third-order valence-electron chi connectivity index (χ3n) is 5.58. The number of fused-ring (bicyclic) bond motifs is 3. The molecule has 0 heterocycles. The maximum absolute atomic E-state index is 12.1. The van der Waals surface area contributed by atoms with E-state index in [1.54, 1.807) is 0 Å². The molecule has 1 fully saturated rings. The first-order chi connectivity index (χ1) is 13.1. The standard InChI is InChI=1S/C22H23NO4/c24-21(25)15(14-9-10-14)11-12-23-22(26)27-13-20-18-7-3-1-5-16(18)17-6-2-4-8-19(17)20/h1-8,14-15,20H,9-13H2,(H,23,26)(H,24,25). The largest absolute Gasteiger partial charge is 0.481 e. The summed E-state index contributed by atoms with van der Waals surface area (Å²) in [5, 5.41) is 11.9.